The topological polar surface area (TPSA) is 78.7 Å². The SMILES string of the molecule is C=C(C)C[C@H](C(=O)NCc1ccc(Cl)c(Cl)c1)N1CCC(CSc2ccccc2)N2C[C@H](N)C[C@H]2C1=O. The van der Waals surface area contributed by atoms with E-state index in [-0.39, 0.29) is 29.9 Å². The van der Waals surface area contributed by atoms with Crippen LogP contribution in [0.3, 0.4) is 0 Å². The van der Waals surface area contributed by atoms with Crippen LogP contribution in [0.5, 0.6) is 0 Å². The van der Waals surface area contributed by atoms with Gasteiger partial charge in [0, 0.05) is 42.4 Å². The molecule has 37 heavy (non-hydrogen) atoms. The zero-order chi connectivity index (χ0) is 26.5. The van der Waals surface area contributed by atoms with Crippen molar-refractivity contribution in [2.75, 3.05) is 18.8 Å². The highest BCUT2D eigenvalue weighted by Crippen LogP contribution is 2.31. The molecule has 4 atom stereocenters. The number of hydrogen-bond donors (Lipinski definition) is 2. The first-order valence-corrected chi connectivity index (χ1v) is 14.3. The Hall–Kier alpha value is -2.03. The molecule has 4 rings (SSSR count). The largest absolute Gasteiger partial charge is 0.350 e. The van der Waals surface area contributed by atoms with Crippen LogP contribution in [0.1, 0.15) is 31.7 Å². The third-order valence-electron chi connectivity index (χ3n) is 6.97. The molecule has 2 aliphatic rings. The van der Waals surface area contributed by atoms with Crippen LogP contribution in [0.4, 0.5) is 0 Å². The summed E-state index contributed by atoms with van der Waals surface area (Å²) in [5.41, 5.74) is 8.03. The maximum Gasteiger partial charge on any atom is 0.243 e. The van der Waals surface area contributed by atoms with Crippen LogP contribution in [-0.4, -0.2) is 64.6 Å². The lowest BCUT2D eigenvalue weighted by Gasteiger charge is -2.32. The van der Waals surface area contributed by atoms with E-state index >= 15 is 0 Å². The van der Waals surface area contributed by atoms with Gasteiger partial charge in [-0.15, -0.1) is 18.3 Å². The van der Waals surface area contributed by atoms with Gasteiger partial charge in [0.2, 0.25) is 11.8 Å². The standard InChI is InChI=1S/C28H34Cl2N4O2S/c1-18(2)12-25(27(35)32-15-19-8-9-23(29)24(30)13-19)33-11-10-21(17-37-22-6-4-3-5-7-22)34-16-20(31)14-26(34)28(33)36/h3-9,13,20-21,25-26H,1,10-12,14-17,31H2,2H3,(H,32,35)/t20-,21?,25-,26+/m1/s1. The van der Waals surface area contributed by atoms with E-state index in [4.69, 9.17) is 28.9 Å². The van der Waals surface area contributed by atoms with E-state index in [0.29, 0.717) is 42.5 Å². The van der Waals surface area contributed by atoms with E-state index in [1.165, 1.54) is 4.90 Å². The Labute approximate surface area is 233 Å². The van der Waals surface area contributed by atoms with Crippen LogP contribution in [0, 0.1) is 0 Å². The van der Waals surface area contributed by atoms with Crippen LogP contribution in [0.25, 0.3) is 0 Å². The minimum Gasteiger partial charge on any atom is -0.350 e. The number of carbonyl (C=O) groups is 2. The smallest absolute Gasteiger partial charge is 0.243 e. The van der Waals surface area contributed by atoms with Crippen molar-refractivity contribution in [1.82, 2.24) is 15.1 Å². The van der Waals surface area contributed by atoms with Gasteiger partial charge in [-0.05, 0) is 56.0 Å². The first kappa shape index (κ1) is 28.0. The number of carbonyl (C=O) groups excluding carboxylic acids is 2. The number of halogens is 2. The minimum atomic E-state index is -0.632. The highest BCUT2D eigenvalue weighted by molar-refractivity contribution is 7.99. The van der Waals surface area contributed by atoms with Crippen molar-refractivity contribution in [3.8, 4) is 0 Å². The molecule has 9 heteroatoms. The first-order valence-electron chi connectivity index (χ1n) is 12.6. The van der Waals surface area contributed by atoms with Crippen LogP contribution < -0.4 is 11.1 Å². The second kappa shape index (κ2) is 12.7. The number of hydrogen-bond acceptors (Lipinski definition) is 5. The fourth-order valence-corrected chi connectivity index (χ4v) is 6.54. The number of benzene rings is 2. The molecule has 0 bridgehead atoms. The fourth-order valence-electron chi connectivity index (χ4n) is 5.13. The van der Waals surface area contributed by atoms with Gasteiger partial charge in [0.1, 0.15) is 6.04 Å². The lowest BCUT2D eigenvalue weighted by molar-refractivity contribution is -0.142. The summed E-state index contributed by atoms with van der Waals surface area (Å²) in [6, 6.07) is 14.8. The van der Waals surface area contributed by atoms with Gasteiger partial charge in [-0.2, -0.15) is 0 Å². The summed E-state index contributed by atoms with van der Waals surface area (Å²) in [5, 5.41) is 3.90. The summed E-state index contributed by atoms with van der Waals surface area (Å²) in [5.74, 6) is 0.646. The van der Waals surface area contributed by atoms with Crippen LogP contribution in [0.15, 0.2) is 65.6 Å². The number of fused-ring (bicyclic) bond motifs is 1. The Balaban J connectivity index is 1.50. The quantitative estimate of drug-likeness (QED) is 0.342. The average Bonchev–Trinajstić information content (AvgIpc) is 3.22. The molecule has 1 unspecified atom stereocenters. The molecule has 2 saturated heterocycles. The summed E-state index contributed by atoms with van der Waals surface area (Å²) in [4.78, 5) is 32.6. The third kappa shape index (κ3) is 7.09. The molecule has 2 aromatic carbocycles. The third-order valence-corrected chi connectivity index (χ3v) is 8.87. The molecule has 0 spiro atoms. The number of thioether (sulfide) groups is 1. The first-order chi connectivity index (χ1) is 17.7. The predicted octanol–water partition coefficient (Wildman–Crippen LogP) is 4.74. The molecule has 0 aliphatic carbocycles. The van der Waals surface area contributed by atoms with Gasteiger partial charge < -0.3 is 16.0 Å². The van der Waals surface area contributed by atoms with E-state index in [0.717, 1.165) is 23.3 Å². The van der Waals surface area contributed by atoms with Crippen LogP contribution in [-0.2, 0) is 16.1 Å². The van der Waals surface area contributed by atoms with Crippen molar-refractivity contribution in [3.63, 3.8) is 0 Å². The van der Waals surface area contributed by atoms with E-state index in [9.17, 15) is 9.59 Å². The second-order valence-electron chi connectivity index (χ2n) is 9.95. The molecular weight excluding hydrogens is 527 g/mol. The maximum atomic E-state index is 13.9. The van der Waals surface area contributed by atoms with E-state index < -0.39 is 6.04 Å². The second-order valence-corrected chi connectivity index (χ2v) is 11.9. The summed E-state index contributed by atoms with van der Waals surface area (Å²) in [6.07, 6.45) is 1.79. The molecule has 0 aromatic heterocycles. The fraction of sp³-hybridized carbons (Fsp3) is 0.429. The molecule has 2 heterocycles. The monoisotopic (exact) mass is 560 g/mol. The van der Waals surface area contributed by atoms with Crippen molar-refractivity contribution >= 4 is 46.8 Å². The van der Waals surface area contributed by atoms with Gasteiger partial charge in [0.05, 0.1) is 16.1 Å². The Kier molecular flexibility index (Phi) is 9.59. The number of amides is 2. The molecule has 198 valence electrons. The van der Waals surface area contributed by atoms with Crippen molar-refractivity contribution in [3.05, 3.63) is 76.3 Å². The summed E-state index contributed by atoms with van der Waals surface area (Å²) >= 11 is 14.0. The van der Waals surface area contributed by atoms with Gasteiger partial charge in [-0.25, -0.2) is 0 Å². The van der Waals surface area contributed by atoms with Crippen molar-refractivity contribution in [2.45, 2.75) is 61.8 Å². The molecule has 2 aliphatic heterocycles. The molecule has 3 N–H and O–H groups in total. The van der Waals surface area contributed by atoms with Gasteiger partial charge in [-0.3, -0.25) is 14.5 Å². The Bertz CT molecular complexity index is 1130. The van der Waals surface area contributed by atoms with Crippen LogP contribution >= 0.6 is 35.0 Å². The van der Waals surface area contributed by atoms with E-state index in [1.54, 1.807) is 28.8 Å². The van der Waals surface area contributed by atoms with Gasteiger partial charge in [0.25, 0.3) is 0 Å². The molecule has 6 nitrogen and oxygen atoms in total. The average molecular weight is 562 g/mol. The van der Waals surface area contributed by atoms with Gasteiger partial charge in [0.15, 0.2) is 0 Å². The molecule has 2 fully saturated rings. The zero-order valence-corrected chi connectivity index (χ0v) is 23.4. The summed E-state index contributed by atoms with van der Waals surface area (Å²) in [6.45, 7) is 7.42. The molecule has 0 radical (unpaired) electrons. The molecular formula is C28H34Cl2N4O2S. The highest BCUT2D eigenvalue weighted by Gasteiger charge is 2.45. The number of nitrogens with one attached hydrogen (secondary N) is 1. The Morgan fingerprint density at radius 1 is 1.22 bits per heavy atom. The van der Waals surface area contributed by atoms with Gasteiger partial charge >= 0.3 is 0 Å². The maximum absolute atomic E-state index is 13.9. The van der Waals surface area contributed by atoms with E-state index in [2.05, 4.69) is 28.9 Å². The summed E-state index contributed by atoms with van der Waals surface area (Å²) in [7, 11) is 0. The minimum absolute atomic E-state index is 0.0175. The van der Waals surface area contributed by atoms with Gasteiger partial charge in [-0.1, -0.05) is 53.0 Å². The normalized spacial score (nSPS) is 22.9. The van der Waals surface area contributed by atoms with Crippen molar-refractivity contribution in [2.24, 2.45) is 5.73 Å². The van der Waals surface area contributed by atoms with Crippen molar-refractivity contribution in [1.29, 1.82) is 0 Å². The Morgan fingerprint density at radius 3 is 2.68 bits per heavy atom. The van der Waals surface area contributed by atoms with Crippen LogP contribution in [0.2, 0.25) is 10.0 Å². The number of nitrogens with two attached hydrogens (primary N) is 1. The summed E-state index contributed by atoms with van der Waals surface area (Å²) < 4.78 is 0. The zero-order valence-electron chi connectivity index (χ0n) is 21.0. The predicted molar refractivity (Wildman–Crippen MR) is 152 cm³/mol. The number of rotatable bonds is 9. The highest BCUT2D eigenvalue weighted by atomic mass is 35.5. The lowest BCUT2D eigenvalue weighted by Crippen LogP contribution is -2.53. The molecule has 0 saturated carbocycles. The van der Waals surface area contributed by atoms with E-state index in [1.807, 2.05) is 31.2 Å². The number of nitrogens with zero attached hydrogens (tertiary/aromatic N) is 2. The Morgan fingerprint density at radius 2 is 1.97 bits per heavy atom. The molecule has 2 amide bonds. The lowest BCUT2D eigenvalue weighted by atomic mass is 10.0. The molecule has 2 aromatic rings. The van der Waals surface area contributed by atoms with Crippen molar-refractivity contribution < 1.29 is 9.59 Å².